The van der Waals surface area contributed by atoms with Crippen molar-refractivity contribution in [2.24, 2.45) is 0 Å². The second-order valence-electron chi connectivity index (χ2n) is 14.9. The number of nitrogens with zero attached hydrogens (tertiary/aromatic N) is 3. The molecule has 3 nitrogen and oxygen atoms in total. The van der Waals surface area contributed by atoms with Crippen molar-refractivity contribution in [3.63, 3.8) is 0 Å². The zero-order valence-electron chi connectivity index (χ0n) is 32.2. The Hall–Kier alpha value is -7.88. The topological polar surface area (TPSA) is 29.0 Å². The fourth-order valence-electron chi connectivity index (χ4n) is 8.65. The van der Waals surface area contributed by atoms with Crippen LogP contribution >= 0.6 is 0 Å². The van der Waals surface area contributed by atoms with Crippen LogP contribution in [0, 0.1) is 0 Å². The standard InChI is InChI=1S/C56H37N3/c1-5-17-38(18-6-1)39-29-31-40(32-30-39)49-37-53(57-51-28-16-15-27-47(49)51)50-35-42-21-13-14-26-46(42)54-48-34-33-45(36-52(48)58-56(55(50)54)41-19-7-2-8-20-41)59(43-22-9-3-10-23-43)44-24-11-4-12-25-44/h1-37H. The normalized spacial score (nSPS) is 11.4. The largest absolute Gasteiger partial charge is 0.310 e. The molecule has 0 aliphatic rings. The SMILES string of the molecule is c1ccc(-c2ccc(-c3cc(-c4cc5ccccc5c5c4c(-c4ccccc4)nc4cc(N(c6ccccc6)c6ccccc6)ccc45)nc4ccccc34)cc2)cc1. The van der Waals surface area contributed by atoms with Gasteiger partial charge in [0.15, 0.2) is 0 Å². The van der Waals surface area contributed by atoms with Crippen LogP contribution in [0.2, 0.25) is 0 Å². The zero-order chi connectivity index (χ0) is 39.1. The Kier molecular flexibility index (Phi) is 8.49. The fraction of sp³-hybridized carbons (Fsp3) is 0. The number of rotatable bonds is 7. The van der Waals surface area contributed by atoms with Crippen LogP contribution in [-0.2, 0) is 0 Å². The molecule has 0 aliphatic heterocycles. The van der Waals surface area contributed by atoms with E-state index in [1.807, 2.05) is 0 Å². The Bertz CT molecular complexity index is 3250. The van der Waals surface area contributed by atoms with Crippen LogP contribution in [0.25, 0.3) is 88.1 Å². The minimum absolute atomic E-state index is 0.913. The summed E-state index contributed by atoms with van der Waals surface area (Å²) in [5.74, 6) is 0. The van der Waals surface area contributed by atoms with Crippen LogP contribution < -0.4 is 4.90 Å². The lowest BCUT2D eigenvalue weighted by atomic mass is 9.89. The molecule has 0 aliphatic carbocycles. The van der Waals surface area contributed by atoms with Crippen molar-refractivity contribution in [3.05, 3.63) is 224 Å². The molecular formula is C56H37N3. The van der Waals surface area contributed by atoms with Crippen LogP contribution in [0.5, 0.6) is 0 Å². The highest BCUT2D eigenvalue weighted by molar-refractivity contribution is 6.26. The van der Waals surface area contributed by atoms with Gasteiger partial charge >= 0.3 is 0 Å². The average molecular weight is 752 g/mol. The average Bonchev–Trinajstić information content (AvgIpc) is 3.32. The van der Waals surface area contributed by atoms with Gasteiger partial charge in [0.2, 0.25) is 0 Å². The van der Waals surface area contributed by atoms with Crippen LogP contribution in [0.15, 0.2) is 224 Å². The van der Waals surface area contributed by atoms with Crippen molar-refractivity contribution in [2.45, 2.75) is 0 Å². The first-order chi connectivity index (χ1) is 29.3. The molecule has 0 amide bonds. The Morgan fingerprint density at radius 2 is 0.864 bits per heavy atom. The van der Waals surface area contributed by atoms with Crippen molar-refractivity contribution in [1.82, 2.24) is 9.97 Å². The summed E-state index contributed by atoms with van der Waals surface area (Å²) in [5.41, 5.74) is 13.7. The Morgan fingerprint density at radius 1 is 0.305 bits per heavy atom. The molecule has 59 heavy (non-hydrogen) atoms. The molecule has 0 bridgehead atoms. The predicted molar refractivity (Wildman–Crippen MR) is 248 cm³/mol. The Labute approximate surface area is 343 Å². The van der Waals surface area contributed by atoms with Gasteiger partial charge < -0.3 is 4.90 Å². The van der Waals surface area contributed by atoms with E-state index in [1.54, 1.807) is 0 Å². The molecule has 0 unspecified atom stereocenters. The zero-order valence-corrected chi connectivity index (χ0v) is 32.2. The summed E-state index contributed by atoms with van der Waals surface area (Å²) in [6, 6.07) is 79.7. The van der Waals surface area contributed by atoms with Crippen molar-refractivity contribution in [2.75, 3.05) is 4.90 Å². The van der Waals surface area contributed by atoms with Crippen LogP contribution in [0.4, 0.5) is 17.1 Å². The molecule has 3 heteroatoms. The highest BCUT2D eigenvalue weighted by atomic mass is 15.1. The molecule has 2 aromatic heterocycles. The molecule has 0 fully saturated rings. The van der Waals surface area contributed by atoms with E-state index in [0.717, 1.165) is 83.3 Å². The molecule has 0 atom stereocenters. The van der Waals surface area contributed by atoms with Crippen molar-refractivity contribution in [3.8, 4) is 44.8 Å². The lowest BCUT2D eigenvalue weighted by Crippen LogP contribution is -2.09. The molecule has 276 valence electrons. The van der Waals surface area contributed by atoms with Gasteiger partial charge in [-0.3, -0.25) is 0 Å². The summed E-state index contributed by atoms with van der Waals surface area (Å²) < 4.78 is 0. The number of hydrogen-bond acceptors (Lipinski definition) is 3. The lowest BCUT2D eigenvalue weighted by molar-refractivity contribution is 1.28. The van der Waals surface area contributed by atoms with E-state index in [4.69, 9.17) is 9.97 Å². The smallest absolute Gasteiger partial charge is 0.0795 e. The quantitative estimate of drug-likeness (QED) is 0.152. The highest BCUT2D eigenvalue weighted by Gasteiger charge is 2.22. The maximum atomic E-state index is 5.62. The van der Waals surface area contributed by atoms with E-state index in [1.165, 1.54) is 21.9 Å². The molecule has 9 aromatic carbocycles. The van der Waals surface area contributed by atoms with Crippen LogP contribution in [0.1, 0.15) is 0 Å². The molecule has 11 aromatic rings. The second kappa shape index (κ2) is 14.6. The molecule has 0 spiro atoms. The van der Waals surface area contributed by atoms with E-state index in [2.05, 4.69) is 229 Å². The van der Waals surface area contributed by atoms with Crippen molar-refractivity contribution in [1.29, 1.82) is 0 Å². The molecule has 0 N–H and O–H groups in total. The Balaban J connectivity index is 1.19. The van der Waals surface area contributed by atoms with E-state index < -0.39 is 0 Å². The summed E-state index contributed by atoms with van der Waals surface area (Å²) in [6.07, 6.45) is 0. The predicted octanol–water partition coefficient (Wildman–Crippen LogP) is 15.2. The van der Waals surface area contributed by atoms with Gasteiger partial charge in [-0.25, -0.2) is 9.97 Å². The van der Waals surface area contributed by atoms with Crippen LogP contribution in [-0.4, -0.2) is 9.97 Å². The number of aromatic nitrogens is 2. The molecular weight excluding hydrogens is 715 g/mol. The minimum Gasteiger partial charge on any atom is -0.310 e. The number of anilines is 3. The number of para-hydroxylation sites is 3. The molecule has 0 saturated carbocycles. The summed E-state index contributed by atoms with van der Waals surface area (Å²) in [7, 11) is 0. The van der Waals surface area contributed by atoms with E-state index in [9.17, 15) is 0 Å². The number of hydrogen-bond donors (Lipinski definition) is 0. The molecule has 11 rings (SSSR count). The van der Waals surface area contributed by atoms with Gasteiger partial charge in [0.1, 0.15) is 0 Å². The molecule has 0 radical (unpaired) electrons. The van der Waals surface area contributed by atoms with E-state index in [-0.39, 0.29) is 0 Å². The fourth-order valence-corrected chi connectivity index (χ4v) is 8.65. The van der Waals surface area contributed by atoms with E-state index in [0.29, 0.717) is 0 Å². The first-order valence-electron chi connectivity index (χ1n) is 20.1. The van der Waals surface area contributed by atoms with Gasteiger partial charge in [0, 0.05) is 49.7 Å². The first kappa shape index (κ1) is 34.4. The Morgan fingerprint density at radius 3 is 1.56 bits per heavy atom. The van der Waals surface area contributed by atoms with Gasteiger partial charge in [-0.2, -0.15) is 0 Å². The third kappa shape index (κ3) is 6.17. The van der Waals surface area contributed by atoms with Gasteiger partial charge in [-0.05, 0) is 87.6 Å². The monoisotopic (exact) mass is 751 g/mol. The number of fused-ring (bicyclic) bond motifs is 6. The van der Waals surface area contributed by atoms with Gasteiger partial charge in [-0.1, -0.05) is 170 Å². The van der Waals surface area contributed by atoms with Crippen molar-refractivity contribution >= 4 is 60.4 Å². The summed E-state index contributed by atoms with van der Waals surface area (Å²) >= 11 is 0. The number of benzene rings is 9. The summed E-state index contributed by atoms with van der Waals surface area (Å²) in [5, 5.41) is 6.82. The third-order valence-electron chi connectivity index (χ3n) is 11.4. The lowest BCUT2D eigenvalue weighted by Gasteiger charge is -2.26. The third-order valence-corrected chi connectivity index (χ3v) is 11.4. The van der Waals surface area contributed by atoms with Gasteiger partial charge in [-0.15, -0.1) is 0 Å². The van der Waals surface area contributed by atoms with E-state index >= 15 is 0 Å². The number of pyridine rings is 2. The second-order valence-corrected chi connectivity index (χ2v) is 14.9. The van der Waals surface area contributed by atoms with Crippen LogP contribution in [0.3, 0.4) is 0 Å². The minimum atomic E-state index is 0.913. The molecule has 0 saturated heterocycles. The first-order valence-corrected chi connectivity index (χ1v) is 20.1. The maximum absolute atomic E-state index is 5.62. The molecule has 2 heterocycles. The summed E-state index contributed by atoms with van der Waals surface area (Å²) in [4.78, 5) is 13.4. The summed E-state index contributed by atoms with van der Waals surface area (Å²) in [6.45, 7) is 0. The van der Waals surface area contributed by atoms with Crippen molar-refractivity contribution < 1.29 is 0 Å². The van der Waals surface area contributed by atoms with Gasteiger partial charge in [0.25, 0.3) is 0 Å². The van der Waals surface area contributed by atoms with Gasteiger partial charge in [0.05, 0.1) is 22.4 Å². The maximum Gasteiger partial charge on any atom is 0.0795 e. The highest BCUT2D eigenvalue weighted by Crippen LogP contribution is 2.45.